The first-order chi connectivity index (χ1) is 6.55. The van der Waals surface area contributed by atoms with Crippen LogP contribution in [0, 0.1) is 0 Å². The first-order valence-electron chi connectivity index (χ1n) is 5.65. The van der Waals surface area contributed by atoms with E-state index in [9.17, 15) is 0 Å². The van der Waals surface area contributed by atoms with Crippen LogP contribution >= 0.6 is 0 Å². The van der Waals surface area contributed by atoms with Gasteiger partial charge in [-0.1, -0.05) is 12.2 Å². The minimum absolute atomic E-state index is 0.280. The van der Waals surface area contributed by atoms with Gasteiger partial charge in [0, 0.05) is 31.2 Å². The monoisotopic (exact) mass is 196 g/mol. The molecule has 0 aliphatic carbocycles. The molecule has 1 fully saturated rings. The maximum absolute atomic E-state index is 3.57. The molecule has 1 N–H and O–H groups in total. The molecule has 0 bridgehead atoms. The minimum atomic E-state index is 0.280. The van der Waals surface area contributed by atoms with Gasteiger partial charge in [0.15, 0.2) is 0 Å². The van der Waals surface area contributed by atoms with Crippen LogP contribution < -0.4 is 5.32 Å². The molecule has 14 heavy (non-hydrogen) atoms. The van der Waals surface area contributed by atoms with Gasteiger partial charge in [-0.25, -0.2) is 0 Å². The second-order valence-electron chi connectivity index (χ2n) is 4.94. The molecular formula is C12H24N2. The Hall–Kier alpha value is -0.340. The van der Waals surface area contributed by atoms with Crippen LogP contribution in [0.15, 0.2) is 12.2 Å². The highest BCUT2D eigenvalue weighted by Gasteiger charge is 2.29. The molecule has 0 amide bonds. The SMILES string of the molecule is C/C=C/CCN1CC(C)(C)NCC1C. The number of hydrogen-bond donors (Lipinski definition) is 1. The predicted octanol–water partition coefficient (Wildman–Crippen LogP) is 2.02. The zero-order valence-corrected chi connectivity index (χ0v) is 10.0. The van der Waals surface area contributed by atoms with Crippen molar-refractivity contribution < 1.29 is 0 Å². The minimum Gasteiger partial charge on any atom is -0.309 e. The van der Waals surface area contributed by atoms with E-state index in [1.807, 2.05) is 0 Å². The molecule has 1 heterocycles. The number of nitrogens with zero attached hydrogens (tertiary/aromatic N) is 1. The van der Waals surface area contributed by atoms with Crippen LogP contribution in [0.5, 0.6) is 0 Å². The van der Waals surface area contributed by atoms with E-state index in [2.05, 4.69) is 50.1 Å². The molecule has 0 saturated carbocycles. The highest BCUT2D eigenvalue weighted by Crippen LogP contribution is 2.14. The Morgan fingerprint density at radius 3 is 2.86 bits per heavy atom. The van der Waals surface area contributed by atoms with Gasteiger partial charge in [0.2, 0.25) is 0 Å². The summed E-state index contributed by atoms with van der Waals surface area (Å²) in [5, 5.41) is 3.57. The van der Waals surface area contributed by atoms with Crippen molar-refractivity contribution >= 4 is 0 Å². The van der Waals surface area contributed by atoms with E-state index < -0.39 is 0 Å². The van der Waals surface area contributed by atoms with Gasteiger partial charge in [-0.15, -0.1) is 0 Å². The first-order valence-corrected chi connectivity index (χ1v) is 5.65. The van der Waals surface area contributed by atoms with Crippen molar-refractivity contribution in [3.63, 3.8) is 0 Å². The maximum atomic E-state index is 3.57. The Kier molecular flexibility index (Phi) is 4.14. The zero-order valence-electron chi connectivity index (χ0n) is 10.0. The van der Waals surface area contributed by atoms with Gasteiger partial charge in [0.1, 0.15) is 0 Å². The quantitative estimate of drug-likeness (QED) is 0.695. The van der Waals surface area contributed by atoms with Crippen LogP contribution in [0.1, 0.15) is 34.1 Å². The average molecular weight is 196 g/mol. The van der Waals surface area contributed by atoms with Gasteiger partial charge >= 0.3 is 0 Å². The first kappa shape index (κ1) is 11.7. The van der Waals surface area contributed by atoms with Crippen molar-refractivity contribution in [2.75, 3.05) is 19.6 Å². The fourth-order valence-electron chi connectivity index (χ4n) is 1.98. The molecule has 1 rings (SSSR count). The summed E-state index contributed by atoms with van der Waals surface area (Å²) in [6, 6.07) is 0.674. The topological polar surface area (TPSA) is 15.3 Å². The van der Waals surface area contributed by atoms with Crippen LogP contribution in [0.3, 0.4) is 0 Å². The molecule has 0 aromatic rings. The molecule has 2 nitrogen and oxygen atoms in total. The zero-order chi connectivity index (χ0) is 10.6. The van der Waals surface area contributed by atoms with Crippen molar-refractivity contribution in [1.82, 2.24) is 10.2 Å². The molecule has 0 radical (unpaired) electrons. The van der Waals surface area contributed by atoms with E-state index in [4.69, 9.17) is 0 Å². The van der Waals surface area contributed by atoms with Crippen LogP contribution in [0.25, 0.3) is 0 Å². The summed E-state index contributed by atoms with van der Waals surface area (Å²) in [5.41, 5.74) is 0.280. The van der Waals surface area contributed by atoms with E-state index in [1.54, 1.807) is 0 Å². The molecular weight excluding hydrogens is 172 g/mol. The fraction of sp³-hybridized carbons (Fsp3) is 0.833. The van der Waals surface area contributed by atoms with E-state index >= 15 is 0 Å². The van der Waals surface area contributed by atoms with Crippen LogP contribution in [-0.4, -0.2) is 36.1 Å². The normalized spacial score (nSPS) is 28.4. The molecule has 82 valence electrons. The fourth-order valence-corrected chi connectivity index (χ4v) is 1.98. The largest absolute Gasteiger partial charge is 0.309 e. The summed E-state index contributed by atoms with van der Waals surface area (Å²) in [6.45, 7) is 12.4. The van der Waals surface area contributed by atoms with Gasteiger partial charge in [-0.05, 0) is 34.1 Å². The van der Waals surface area contributed by atoms with Gasteiger partial charge in [-0.3, -0.25) is 4.90 Å². The van der Waals surface area contributed by atoms with E-state index in [0.717, 1.165) is 13.1 Å². The second-order valence-corrected chi connectivity index (χ2v) is 4.94. The van der Waals surface area contributed by atoms with Crippen LogP contribution in [0.2, 0.25) is 0 Å². The third-order valence-corrected chi connectivity index (χ3v) is 2.92. The Labute approximate surface area is 88.4 Å². The molecule has 1 aliphatic rings. The number of piperazine rings is 1. The Morgan fingerprint density at radius 2 is 2.21 bits per heavy atom. The third kappa shape index (κ3) is 3.43. The van der Waals surface area contributed by atoms with Gasteiger partial charge in [-0.2, -0.15) is 0 Å². The number of hydrogen-bond acceptors (Lipinski definition) is 2. The Balaban J connectivity index is 2.40. The lowest BCUT2D eigenvalue weighted by atomic mass is 9.99. The van der Waals surface area contributed by atoms with E-state index in [-0.39, 0.29) is 5.54 Å². The molecule has 0 aromatic heterocycles. The van der Waals surface area contributed by atoms with Crippen molar-refractivity contribution in [2.45, 2.75) is 45.7 Å². The molecule has 0 spiro atoms. The van der Waals surface area contributed by atoms with E-state index in [1.165, 1.54) is 13.0 Å². The lowest BCUT2D eigenvalue weighted by Gasteiger charge is -2.43. The highest BCUT2D eigenvalue weighted by molar-refractivity contribution is 4.91. The van der Waals surface area contributed by atoms with Gasteiger partial charge in [0.25, 0.3) is 0 Å². The van der Waals surface area contributed by atoms with Crippen molar-refractivity contribution in [1.29, 1.82) is 0 Å². The van der Waals surface area contributed by atoms with Gasteiger partial charge < -0.3 is 5.32 Å². The summed E-state index contributed by atoms with van der Waals surface area (Å²) >= 11 is 0. The lowest BCUT2D eigenvalue weighted by Crippen LogP contribution is -2.60. The second kappa shape index (κ2) is 4.94. The molecule has 1 unspecified atom stereocenters. The third-order valence-electron chi connectivity index (χ3n) is 2.92. The number of rotatable bonds is 3. The lowest BCUT2D eigenvalue weighted by molar-refractivity contribution is 0.107. The van der Waals surface area contributed by atoms with Crippen molar-refractivity contribution in [3.05, 3.63) is 12.2 Å². The highest BCUT2D eigenvalue weighted by atomic mass is 15.2. The summed E-state index contributed by atoms with van der Waals surface area (Å²) in [7, 11) is 0. The van der Waals surface area contributed by atoms with Crippen molar-refractivity contribution in [2.24, 2.45) is 0 Å². The van der Waals surface area contributed by atoms with Crippen LogP contribution in [0.4, 0.5) is 0 Å². The van der Waals surface area contributed by atoms with Gasteiger partial charge in [0.05, 0.1) is 0 Å². The summed E-state index contributed by atoms with van der Waals surface area (Å²) in [6.07, 6.45) is 5.57. The summed E-state index contributed by atoms with van der Waals surface area (Å²) in [4.78, 5) is 2.58. The molecule has 1 saturated heterocycles. The molecule has 1 atom stereocenters. The molecule has 1 aliphatic heterocycles. The Bertz CT molecular complexity index is 196. The van der Waals surface area contributed by atoms with Crippen LogP contribution in [-0.2, 0) is 0 Å². The average Bonchev–Trinajstić information content (AvgIpc) is 2.11. The maximum Gasteiger partial charge on any atom is 0.0252 e. The van der Waals surface area contributed by atoms with Crippen molar-refractivity contribution in [3.8, 4) is 0 Å². The molecule has 2 heteroatoms. The summed E-state index contributed by atoms with van der Waals surface area (Å²) in [5.74, 6) is 0. The summed E-state index contributed by atoms with van der Waals surface area (Å²) < 4.78 is 0. The predicted molar refractivity (Wildman–Crippen MR) is 62.5 cm³/mol. The Morgan fingerprint density at radius 1 is 1.50 bits per heavy atom. The standard InChI is InChI=1S/C12H24N2/c1-5-6-7-8-14-10-12(3,4)13-9-11(14)2/h5-6,11,13H,7-10H2,1-4H3/b6-5+. The number of allylic oxidation sites excluding steroid dienone is 1. The molecule has 0 aromatic carbocycles. The smallest absolute Gasteiger partial charge is 0.0252 e. The van der Waals surface area contributed by atoms with E-state index in [0.29, 0.717) is 6.04 Å². The number of nitrogens with one attached hydrogen (secondary N) is 1.